The number of nitro benzene ring substituents is 1. The molecule has 2 aromatic rings. The summed E-state index contributed by atoms with van der Waals surface area (Å²) in [6.45, 7) is 0.109. The fourth-order valence-electron chi connectivity index (χ4n) is 1.50. The van der Waals surface area contributed by atoms with Gasteiger partial charge in [-0.05, 0) is 11.6 Å². The van der Waals surface area contributed by atoms with Crippen molar-refractivity contribution in [1.82, 2.24) is 14.8 Å². The lowest BCUT2D eigenvalue weighted by Crippen LogP contribution is -2.05. The van der Waals surface area contributed by atoms with Crippen LogP contribution in [0, 0.1) is 10.1 Å². The van der Waals surface area contributed by atoms with Gasteiger partial charge in [-0.1, -0.05) is 6.07 Å². The van der Waals surface area contributed by atoms with Crippen LogP contribution in [0.4, 0.5) is 5.69 Å². The third-order valence-electron chi connectivity index (χ3n) is 2.54. The summed E-state index contributed by atoms with van der Waals surface area (Å²) in [5.74, 6) is 0.974. The van der Waals surface area contributed by atoms with Crippen LogP contribution in [0.25, 0.3) is 0 Å². The molecule has 7 nitrogen and oxygen atoms in total. The molecule has 0 saturated carbocycles. The highest BCUT2D eigenvalue weighted by Crippen LogP contribution is 2.29. The number of nitrogens with zero attached hydrogens (tertiary/aromatic N) is 4. The Balaban J connectivity index is 2.20. The topological polar surface area (TPSA) is 83.1 Å². The maximum atomic E-state index is 11.0. The summed E-state index contributed by atoms with van der Waals surface area (Å²) >= 11 is 5.65. The first-order chi connectivity index (χ1) is 9.11. The monoisotopic (exact) mass is 282 g/mol. The van der Waals surface area contributed by atoms with Crippen LogP contribution in [-0.2, 0) is 19.5 Å². The summed E-state index contributed by atoms with van der Waals surface area (Å²) in [5.41, 5.74) is 0.555. The first-order valence-corrected chi connectivity index (χ1v) is 5.94. The van der Waals surface area contributed by atoms with Crippen LogP contribution in [0.3, 0.4) is 0 Å². The zero-order valence-corrected chi connectivity index (χ0v) is 10.9. The predicted molar refractivity (Wildman–Crippen MR) is 68.0 cm³/mol. The molecule has 1 heterocycles. The molecule has 0 aliphatic heterocycles. The largest absolute Gasteiger partial charge is 0.479 e. The van der Waals surface area contributed by atoms with Crippen LogP contribution in [0.5, 0.6) is 5.75 Å². The second-order valence-corrected chi connectivity index (χ2v) is 4.05. The molecule has 0 amide bonds. The zero-order valence-electron chi connectivity index (χ0n) is 10.1. The molecule has 2 rings (SSSR count). The van der Waals surface area contributed by atoms with Gasteiger partial charge in [-0.3, -0.25) is 14.8 Å². The minimum absolute atomic E-state index is 0.109. The maximum absolute atomic E-state index is 11.0. The lowest BCUT2D eigenvalue weighted by molar-refractivity contribution is -0.386. The number of nitro groups is 1. The van der Waals surface area contributed by atoms with Gasteiger partial charge in [0.25, 0.3) is 0 Å². The first-order valence-electron chi connectivity index (χ1n) is 5.40. The van der Waals surface area contributed by atoms with Gasteiger partial charge < -0.3 is 4.74 Å². The Labute approximate surface area is 113 Å². The minimum atomic E-state index is -0.498. The second-order valence-electron chi connectivity index (χ2n) is 3.78. The van der Waals surface area contributed by atoms with Crippen LogP contribution in [0.1, 0.15) is 11.4 Å². The van der Waals surface area contributed by atoms with Gasteiger partial charge in [-0.25, -0.2) is 4.98 Å². The van der Waals surface area contributed by atoms with Crippen molar-refractivity contribution in [3.8, 4) is 5.75 Å². The molecule has 1 aromatic heterocycles. The van der Waals surface area contributed by atoms with Crippen molar-refractivity contribution >= 4 is 17.3 Å². The lowest BCUT2D eigenvalue weighted by Gasteiger charge is -2.07. The van der Waals surface area contributed by atoms with Gasteiger partial charge >= 0.3 is 5.69 Å². The Morgan fingerprint density at radius 2 is 2.32 bits per heavy atom. The van der Waals surface area contributed by atoms with E-state index >= 15 is 0 Å². The molecule has 0 spiro atoms. The van der Waals surface area contributed by atoms with Crippen LogP contribution < -0.4 is 4.74 Å². The molecule has 0 saturated heterocycles. The van der Waals surface area contributed by atoms with Gasteiger partial charge in [0, 0.05) is 19.0 Å². The number of halogens is 1. The maximum Gasteiger partial charge on any atom is 0.311 e. The van der Waals surface area contributed by atoms with E-state index in [0.717, 1.165) is 0 Å². The van der Waals surface area contributed by atoms with Gasteiger partial charge in [0.2, 0.25) is 0 Å². The van der Waals surface area contributed by atoms with Crippen molar-refractivity contribution in [2.75, 3.05) is 0 Å². The fraction of sp³-hybridized carbons (Fsp3) is 0.273. The van der Waals surface area contributed by atoms with Crippen LogP contribution in [-0.4, -0.2) is 19.7 Å². The normalized spacial score (nSPS) is 10.4. The van der Waals surface area contributed by atoms with E-state index < -0.39 is 4.92 Å². The highest BCUT2D eigenvalue weighted by atomic mass is 35.5. The highest BCUT2D eigenvalue weighted by molar-refractivity contribution is 6.17. The predicted octanol–water partition coefficient (Wildman–Crippen LogP) is 2.04. The molecule has 0 bridgehead atoms. The Hall–Kier alpha value is -2.15. The molecule has 0 radical (unpaired) electrons. The van der Waals surface area contributed by atoms with Gasteiger partial charge in [-0.15, -0.1) is 11.6 Å². The van der Waals surface area contributed by atoms with Crippen molar-refractivity contribution < 1.29 is 9.66 Å². The quantitative estimate of drug-likeness (QED) is 0.476. The van der Waals surface area contributed by atoms with Gasteiger partial charge in [-0.2, -0.15) is 5.10 Å². The van der Waals surface area contributed by atoms with Gasteiger partial charge in [0.1, 0.15) is 12.9 Å². The number of aryl methyl sites for hydroxylation is 1. The smallest absolute Gasteiger partial charge is 0.311 e. The summed E-state index contributed by atoms with van der Waals surface area (Å²) in [7, 11) is 1.72. The summed E-state index contributed by atoms with van der Waals surface area (Å²) in [4.78, 5) is 14.4. The van der Waals surface area contributed by atoms with E-state index in [1.54, 1.807) is 17.8 Å². The Morgan fingerprint density at radius 3 is 2.89 bits per heavy atom. The molecular weight excluding hydrogens is 272 g/mol. The Bertz CT molecular complexity index is 599. The summed E-state index contributed by atoms with van der Waals surface area (Å²) in [6, 6.07) is 4.62. The highest BCUT2D eigenvalue weighted by Gasteiger charge is 2.16. The first kappa shape index (κ1) is 13.3. The van der Waals surface area contributed by atoms with Crippen molar-refractivity contribution in [3.63, 3.8) is 0 Å². The molecular formula is C11H11ClN4O3. The van der Waals surface area contributed by atoms with Crippen molar-refractivity contribution in [2.45, 2.75) is 12.5 Å². The summed E-state index contributed by atoms with van der Waals surface area (Å²) in [5, 5.41) is 14.9. The van der Waals surface area contributed by atoms with Crippen LogP contribution >= 0.6 is 11.6 Å². The van der Waals surface area contributed by atoms with E-state index in [-0.39, 0.29) is 23.9 Å². The molecule has 100 valence electrons. The second kappa shape index (κ2) is 5.66. The van der Waals surface area contributed by atoms with E-state index in [4.69, 9.17) is 16.3 Å². The Kier molecular flexibility index (Phi) is 3.96. The molecule has 0 fully saturated rings. The number of hydrogen-bond acceptors (Lipinski definition) is 5. The summed E-state index contributed by atoms with van der Waals surface area (Å²) in [6.07, 6.45) is 1.39. The third-order valence-corrected chi connectivity index (χ3v) is 2.84. The van der Waals surface area contributed by atoms with Gasteiger partial charge in [0.15, 0.2) is 11.6 Å². The molecule has 0 N–H and O–H groups in total. The van der Waals surface area contributed by atoms with Gasteiger partial charge in [0.05, 0.1) is 4.92 Å². The van der Waals surface area contributed by atoms with Crippen molar-refractivity contribution in [3.05, 3.63) is 46.0 Å². The number of alkyl halides is 1. The molecule has 0 unspecified atom stereocenters. The molecule has 0 aliphatic carbocycles. The minimum Gasteiger partial charge on any atom is -0.479 e. The fourth-order valence-corrected chi connectivity index (χ4v) is 1.67. The van der Waals surface area contributed by atoms with E-state index in [9.17, 15) is 10.1 Å². The molecule has 0 aliphatic rings. The SMILES string of the molecule is Cn1ncnc1COc1ccc(CCl)cc1[N+](=O)[O-]. The van der Waals surface area contributed by atoms with Crippen molar-refractivity contribution in [1.29, 1.82) is 0 Å². The van der Waals surface area contributed by atoms with E-state index in [2.05, 4.69) is 10.1 Å². The number of rotatable bonds is 5. The average molecular weight is 283 g/mol. The van der Waals surface area contributed by atoms with E-state index in [1.807, 2.05) is 0 Å². The number of hydrogen-bond donors (Lipinski definition) is 0. The molecule has 0 atom stereocenters. The van der Waals surface area contributed by atoms with Crippen LogP contribution in [0.15, 0.2) is 24.5 Å². The van der Waals surface area contributed by atoms with E-state index in [1.165, 1.54) is 18.5 Å². The van der Waals surface area contributed by atoms with E-state index in [0.29, 0.717) is 11.4 Å². The van der Waals surface area contributed by atoms with Crippen molar-refractivity contribution in [2.24, 2.45) is 7.05 Å². The zero-order chi connectivity index (χ0) is 13.8. The third kappa shape index (κ3) is 3.00. The lowest BCUT2D eigenvalue weighted by atomic mass is 10.2. The summed E-state index contributed by atoms with van der Waals surface area (Å²) < 4.78 is 6.96. The number of aromatic nitrogens is 3. The molecule has 19 heavy (non-hydrogen) atoms. The Morgan fingerprint density at radius 1 is 1.53 bits per heavy atom. The average Bonchev–Trinajstić information content (AvgIpc) is 2.81. The molecule has 8 heteroatoms. The molecule has 1 aromatic carbocycles. The standard InChI is InChI=1S/C11H11ClN4O3/c1-15-11(13-7-14-15)6-19-10-3-2-8(5-12)4-9(10)16(17)18/h2-4,7H,5-6H2,1H3. The van der Waals surface area contributed by atoms with Crippen LogP contribution in [0.2, 0.25) is 0 Å². The number of ether oxygens (including phenoxy) is 1. The number of benzene rings is 1.